The summed E-state index contributed by atoms with van der Waals surface area (Å²) in [5.74, 6) is 3.18. The van der Waals surface area contributed by atoms with E-state index in [-0.39, 0.29) is 12.5 Å². The van der Waals surface area contributed by atoms with Gasteiger partial charge in [-0.2, -0.15) is 4.98 Å². The number of nitrogens with zero attached hydrogens (tertiary/aromatic N) is 2. The van der Waals surface area contributed by atoms with E-state index in [9.17, 15) is 4.79 Å². The Morgan fingerprint density at radius 1 is 1.19 bits per heavy atom. The number of benzene rings is 1. The topological polar surface area (TPSA) is 95.7 Å². The molecule has 1 N–H and O–H groups in total. The van der Waals surface area contributed by atoms with E-state index in [4.69, 9.17) is 18.7 Å². The fourth-order valence-corrected chi connectivity index (χ4v) is 2.72. The molecule has 0 unspecified atom stereocenters. The molecule has 0 bridgehead atoms. The number of methoxy groups -OCH3 is 3. The molecule has 3 rings (SSSR count). The summed E-state index contributed by atoms with van der Waals surface area (Å²) in [6.45, 7) is 0.238. The fourth-order valence-electron chi connectivity index (χ4n) is 2.72. The first-order valence-corrected chi connectivity index (χ1v) is 8.53. The largest absolute Gasteiger partial charge is 0.493 e. The van der Waals surface area contributed by atoms with Gasteiger partial charge in [0.25, 0.3) is 0 Å². The first-order valence-electron chi connectivity index (χ1n) is 8.53. The van der Waals surface area contributed by atoms with E-state index < -0.39 is 0 Å². The highest BCUT2D eigenvalue weighted by Crippen LogP contribution is 2.40. The monoisotopic (exact) mass is 361 g/mol. The number of aromatic nitrogens is 2. The number of hydrogen-bond donors (Lipinski definition) is 1. The number of carbonyl (C=O) groups is 1. The lowest BCUT2D eigenvalue weighted by Gasteiger charge is -2.15. The maximum Gasteiger partial charge on any atom is 0.246 e. The molecule has 8 nitrogen and oxygen atoms in total. The van der Waals surface area contributed by atoms with Crippen molar-refractivity contribution in [1.82, 2.24) is 15.5 Å². The lowest BCUT2D eigenvalue weighted by molar-refractivity contribution is -0.121. The van der Waals surface area contributed by atoms with Crippen molar-refractivity contribution in [3.8, 4) is 17.2 Å². The van der Waals surface area contributed by atoms with Crippen LogP contribution in [0.25, 0.3) is 0 Å². The van der Waals surface area contributed by atoms with Crippen LogP contribution < -0.4 is 19.5 Å². The first-order chi connectivity index (χ1) is 12.7. The molecule has 0 atom stereocenters. The van der Waals surface area contributed by atoms with Crippen LogP contribution in [0.4, 0.5) is 0 Å². The van der Waals surface area contributed by atoms with E-state index in [2.05, 4.69) is 15.5 Å². The van der Waals surface area contributed by atoms with Crippen molar-refractivity contribution in [3.05, 3.63) is 29.4 Å². The zero-order valence-electron chi connectivity index (χ0n) is 15.2. The average Bonchev–Trinajstić information content (AvgIpc) is 3.41. The molecule has 26 heavy (non-hydrogen) atoms. The molecule has 1 aromatic heterocycles. The second-order valence-corrected chi connectivity index (χ2v) is 6.09. The van der Waals surface area contributed by atoms with Crippen LogP contribution in [0.15, 0.2) is 16.7 Å². The molecule has 0 saturated heterocycles. The van der Waals surface area contributed by atoms with Gasteiger partial charge in [-0.1, -0.05) is 11.2 Å². The van der Waals surface area contributed by atoms with Crippen LogP contribution in [0.3, 0.4) is 0 Å². The van der Waals surface area contributed by atoms with E-state index in [1.165, 1.54) is 0 Å². The maximum atomic E-state index is 12.1. The number of rotatable bonds is 9. The minimum atomic E-state index is -0.104. The maximum absolute atomic E-state index is 12.1. The lowest BCUT2D eigenvalue weighted by Crippen LogP contribution is -2.23. The van der Waals surface area contributed by atoms with E-state index in [1.54, 1.807) is 27.4 Å². The van der Waals surface area contributed by atoms with Gasteiger partial charge in [0.2, 0.25) is 17.5 Å². The quantitative estimate of drug-likeness (QED) is 0.731. The third-order valence-electron chi connectivity index (χ3n) is 4.27. The number of aryl methyl sites for hydroxylation is 1. The highest BCUT2D eigenvalue weighted by molar-refractivity contribution is 5.76. The predicted molar refractivity (Wildman–Crippen MR) is 92.5 cm³/mol. The van der Waals surface area contributed by atoms with Gasteiger partial charge in [0, 0.05) is 12.3 Å². The molecule has 2 aromatic rings. The Balaban J connectivity index is 1.55. The van der Waals surface area contributed by atoms with Crippen molar-refractivity contribution < 1.29 is 23.5 Å². The highest BCUT2D eigenvalue weighted by Gasteiger charge is 2.28. The summed E-state index contributed by atoms with van der Waals surface area (Å²) in [6, 6.07) is 3.67. The Morgan fingerprint density at radius 2 is 1.96 bits per heavy atom. The van der Waals surface area contributed by atoms with Crippen molar-refractivity contribution in [2.24, 2.45) is 0 Å². The van der Waals surface area contributed by atoms with E-state index >= 15 is 0 Å². The molecule has 0 aliphatic heterocycles. The van der Waals surface area contributed by atoms with Gasteiger partial charge in [-0.3, -0.25) is 4.79 Å². The number of ether oxygens (including phenoxy) is 3. The molecule has 0 radical (unpaired) electrons. The predicted octanol–water partition coefficient (Wildman–Crippen LogP) is 2.22. The molecule has 140 valence electrons. The summed E-state index contributed by atoms with van der Waals surface area (Å²) >= 11 is 0. The molecular formula is C18H23N3O5. The Morgan fingerprint density at radius 3 is 2.62 bits per heavy atom. The molecule has 0 spiro atoms. The molecule has 1 amide bonds. The van der Waals surface area contributed by atoms with Crippen LogP contribution >= 0.6 is 0 Å². The summed E-state index contributed by atoms with van der Waals surface area (Å²) in [5, 5.41) is 6.73. The molecule has 1 aliphatic carbocycles. The van der Waals surface area contributed by atoms with E-state index in [0.717, 1.165) is 24.2 Å². The molecule has 1 saturated carbocycles. The van der Waals surface area contributed by atoms with Crippen molar-refractivity contribution in [2.45, 2.75) is 38.1 Å². The molecule has 1 aromatic carbocycles. The fraction of sp³-hybridized carbons (Fsp3) is 0.500. The summed E-state index contributed by atoms with van der Waals surface area (Å²) < 4.78 is 21.2. The van der Waals surface area contributed by atoms with Crippen LogP contribution in [0.5, 0.6) is 17.2 Å². The van der Waals surface area contributed by atoms with Gasteiger partial charge in [0.1, 0.15) is 0 Å². The minimum absolute atomic E-state index is 0.104. The zero-order valence-corrected chi connectivity index (χ0v) is 15.2. The van der Waals surface area contributed by atoms with E-state index in [1.807, 2.05) is 6.07 Å². The van der Waals surface area contributed by atoms with Crippen LogP contribution in [-0.2, 0) is 17.8 Å². The van der Waals surface area contributed by atoms with Gasteiger partial charge in [-0.05, 0) is 30.9 Å². The molecular weight excluding hydrogens is 338 g/mol. The van der Waals surface area contributed by atoms with Gasteiger partial charge < -0.3 is 24.1 Å². The minimum Gasteiger partial charge on any atom is -0.493 e. The highest BCUT2D eigenvalue weighted by atomic mass is 16.5. The van der Waals surface area contributed by atoms with Crippen molar-refractivity contribution >= 4 is 5.91 Å². The van der Waals surface area contributed by atoms with Crippen LogP contribution in [-0.4, -0.2) is 37.4 Å². The van der Waals surface area contributed by atoms with E-state index in [0.29, 0.717) is 41.9 Å². The van der Waals surface area contributed by atoms with Crippen LogP contribution in [0.1, 0.15) is 42.5 Å². The normalized spacial score (nSPS) is 13.3. The first kappa shape index (κ1) is 18.0. The lowest BCUT2D eigenvalue weighted by atomic mass is 10.1. The number of amides is 1. The second-order valence-electron chi connectivity index (χ2n) is 6.09. The Bertz CT molecular complexity index is 770. The number of hydrogen-bond acceptors (Lipinski definition) is 7. The van der Waals surface area contributed by atoms with Gasteiger partial charge in [0.15, 0.2) is 17.3 Å². The second kappa shape index (κ2) is 8.07. The molecule has 1 fully saturated rings. The Kier molecular flexibility index (Phi) is 5.60. The number of carbonyl (C=O) groups excluding carboxylic acids is 1. The zero-order chi connectivity index (χ0) is 18.5. The summed E-state index contributed by atoms with van der Waals surface area (Å²) in [7, 11) is 4.68. The molecule has 1 heterocycles. The van der Waals surface area contributed by atoms with Crippen molar-refractivity contribution in [3.63, 3.8) is 0 Å². The average molecular weight is 361 g/mol. The van der Waals surface area contributed by atoms with Gasteiger partial charge in [-0.15, -0.1) is 0 Å². The summed E-state index contributed by atoms with van der Waals surface area (Å²) in [5.41, 5.74) is 0.870. The summed E-state index contributed by atoms with van der Waals surface area (Å²) in [6.07, 6.45) is 3.03. The standard InChI is InChI=1S/C18H23N3O5/c1-23-13-8-6-11(16(24-2)17(13)25-3)7-9-14(22)19-10-15-20-18(21-26-15)12-4-5-12/h6,8,12H,4-5,7,9-10H2,1-3H3,(H,19,22). The van der Waals surface area contributed by atoms with Crippen LogP contribution in [0, 0.1) is 0 Å². The third kappa shape index (κ3) is 4.07. The SMILES string of the molecule is COc1ccc(CCC(=O)NCc2nc(C3CC3)no2)c(OC)c1OC. The third-order valence-corrected chi connectivity index (χ3v) is 4.27. The van der Waals surface area contributed by atoms with Gasteiger partial charge >= 0.3 is 0 Å². The number of nitrogens with one attached hydrogen (secondary N) is 1. The summed E-state index contributed by atoms with van der Waals surface area (Å²) in [4.78, 5) is 16.4. The van der Waals surface area contributed by atoms with Gasteiger partial charge in [0.05, 0.1) is 27.9 Å². The Hall–Kier alpha value is -2.77. The molecule has 8 heteroatoms. The van der Waals surface area contributed by atoms with Crippen molar-refractivity contribution in [1.29, 1.82) is 0 Å². The van der Waals surface area contributed by atoms with Gasteiger partial charge in [-0.25, -0.2) is 0 Å². The molecule has 1 aliphatic rings. The smallest absolute Gasteiger partial charge is 0.246 e. The van der Waals surface area contributed by atoms with Crippen molar-refractivity contribution in [2.75, 3.05) is 21.3 Å². The Labute approximate surface area is 151 Å². The van der Waals surface area contributed by atoms with Crippen LogP contribution in [0.2, 0.25) is 0 Å².